The van der Waals surface area contributed by atoms with Gasteiger partial charge in [-0.15, -0.1) is 5.10 Å². The number of rotatable bonds is 4. The van der Waals surface area contributed by atoms with Crippen LogP contribution < -0.4 is 5.32 Å². The van der Waals surface area contributed by atoms with Crippen molar-refractivity contribution in [3.63, 3.8) is 0 Å². The fourth-order valence-electron chi connectivity index (χ4n) is 2.98. The van der Waals surface area contributed by atoms with Crippen molar-refractivity contribution in [3.8, 4) is 0 Å². The molecule has 1 aliphatic rings. The van der Waals surface area contributed by atoms with Gasteiger partial charge in [0, 0.05) is 6.54 Å². The molecule has 1 saturated heterocycles. The summed E-state index contributed by atoms with van der Waals surface area (Å²) in [5, 5.41) is 10.8. The summed E-state index contributed by atoms with van der Waals surface area (Å²) in [7, 11) is 0. The Labute approximate surface area is 164 Å². The first-order valence-corrected chi connectivity index (χ1v) is 9.01. The second kappa shape index (κ2) is 8.60. The standard InChI is InChI=1S/C18H20F3N5O3/c1-12-15(23-24-26(12)11-13-6-3-2-4-7-13)16(27)25-9-5-8-22-10-14(25)29-17(28)18(19,20)21/h2-4,6-7,14,22H,5,8-11H2,1H3. The van der Waals surface area contributed by atoms with E-state index in [-0.39, 0.29) is 18.8 Å². The first kappa shape index (κ1) is 20.8. The largest absolute Gasteiger partial charge is 0.491 e. The molecule has 8 nitrogen and oxygen atoms in total. The van der Waals surface area contributed by atoms with Crippen LogP contribution in [0.1, 0.15) is 28.2 Å². The number of ether oxygens (including phenoxy) is 1. The van der Waals surface area contributed by atoms with Crippen molar-refractivity contribution >= 4 is 11.9 Å². The highest BCUT2D eigenvalue weighted by atomic mass is 19.4. The Morgan fingerprint density at radius 2 is 2.00 bits per heavy atom. The zero-order valence-corrected chi connectivity index (χ0v) is 15.6. The van der Waals surface area contributed by atoms with E-state index in [4.69, 9.17) is 0 Å². The maximum Gasteiger partial charge on any atom is 0.491 e. The highest BCUT2D eigenvalue weighted by molar-refractivity contribution is 5.93. The van der Waals surface area contributed by atoms with Crippen molar-refractivity contribution in [1.82, 2.24) is 25.2 Å². The highest BCUT2D eigenvalue weighted by Gasteiger charge is 2.44. The van der Waals surface area contributed by atoms with Gasteiger partial charge in [-0.1, -0.05) is 35.5 Å². The molecule has 0 aliphatic carbocycles. The number of carbonyl (C=O) groups is 2. The maximum absolute atomic E-state index is 13.0. The Bertz CT molecular complexity index is 869. The Kier molecular flexibility index (Phi) is 6.16. The summed E-state index contributed by atoms with van der Waals surface area (Å²) in [4.78, 5) is 25.4. The second-order valence-corrected chi connectivity index (χ2v) is 6.58. The number of hydrogen-bond acceptors (Lipinski definition) is 6. The van der Waals surface area contributed by atoms with E-state index in [0.717, 1.165) is 10.5 Å². The van der Waals surface area contributed by atoms with Crippen LogP contribution in [0.25, 0.3) is 0 Å². The van der Waals surface area contributed by atoms with Crippen molar-refractivity contribution < 1.29 is 27.5 Å². The molecule has 1 aromatic heterocycles. The van der Waals surface area contributed by atoms with Crippen molar-refractivity contribution in [1.29, 1.82) is 0 Å². The van der Waals surface area contributed by atoms with E-state index < -0.39 is 24.3 Å². The number of alkyl halides is 3. The van der Waals surface area contributed by atoms with E-state index in [1.165, 1.54) is 4.68 Å². The average Bonchev–Trinajstić information content (AvgIpc) is 2.89. The topological polar surface area (TPSA) is 89.3 Å². The SMILES string of the molecule is Cc1c(C(=O)N2CCCNCC2OC(=O)C(F)(F)F)nnn1Cc1ccccc1. The fraction of sp³-hybridized carbons (Fsp3) is 0.444. The first-order chi connectivity index (χ1) is 13.8. The van der Waals surface area contributed by atoms with Gasteiger partial charge >= 0.3 is 12.1 Å². The Hall–Kier alpha value is -2.95. The van der Waals surface area contributed by atoms with E-state index in [2.05, 4.69) is 20.4 Å². The van der Waals surface area contributed by atoms with Crippen LogP contribution in [0.3, 0.4) is 0 Å². The van der Waals surface area contributed by atoms with Crippen LogP contribution in [0.5, 0.6) is 0 Å². The number of amides is 1. The summed E-state index contributed by atoms with van der Waals surface area (Å²) in [6.45, 7) is 2.53. The molecule has 0 radical (unpaired) electrons. The molecule has 1 N–H and O–H groups in total. The minimum Gasteiger partial charge on any atom is -0.433 e. The van der Waals surface area contributed by atoms with Crippen LogP contribution in [-0.4, -0.2) is 63.8 Å². The molecule has 1 fully saturated rings. The summed E-state index contributed by atoms with van der Waals surface area (Å²) in [6, 6.07) is 9.42. The van der Waals surface area contributed by atoms with E-state index in [9.17, 15) is 22.8 Å². The summed E-state index contributed by atoms with van der Waals surface area (Å²) < 4.78 is 43.9. The Morgan fingerprint density at radius 1 is 1.28 bits per heavy atom. The van der Waals surface area contributed by atoms with Gasteiger partial charge in [-0.05, 0) is 25.5 Å². The molecule has 0 saturated carbocycles. The van der Waals surface area contributed by atoms with Crippen molar-refractivity contribution in [2.45, 2.75) is 32.3 Å². The van der Waals surface area contributed by atoms with Crippen molar-refractivity contribution in [2.75, 3.05) is 19.6 Å². The molecule has 1 unspecified atom stereocenters. The lowest BCUT2D eigenvalue weighted by Crippen LogP contribution is -2.48. The van der Waals surface area contributed by atoms with Gasteiger partial charge < -0.3 is 15.0 Å². The van der Waals surface area contributed by atoms with Gasteiger partial charge in [0.25, 0.3) is 5.91 Å². The van der Waals surface area contributed by atoms with Gasteiger partial charge in [0.05, 0.1) is 18.8 Å². The lowest BCUT2D eigenvalue weighted by molar-refractivity contribution is -0.210. The number of carbonyl (C=O) groups excluding carboxylic acids is 2. The minimum absolute atomic E-state index is 0.0101. The third kappa shape index (κ3) is 4.91. The molecule has 0 bridgehead atoms. The quantitative estimate of drug-likeness (QED) is 0.768. The van der Waals surface area contributed by atoms with Crippen LogP contribution in [0.2, 0.25) is 0 Å². The zero-order chi connectivity index (χ0) is 21.0. The van der Waals surface area contributed by atoms with Gasteiger partial charge in [0.2, 0.25) is 0 Å². The molecule has 2 heterocycles. The molecule has 1 aliphatic heterocycles. The van der Waals surface area contributed by atoms with Crippen LogP contribution in [-0.2, 0) is 16.1 Å². The fourth-order valence-corrected chi connectivity index (χ4v) is 2.98. The molecule has 0 spiro atoms. The Morgan fingerprint density at radius 3 is 2.69 bits per heavy atom. The molecule has 3 rings (SSSR count). The summed E-state index contributed by atoms with van der Waals surface area (Å²) in [5.41, 5.74) is 1.43. The molecule has 29 heavy (non-hydrogen) atoms. The van der Waals surface area contributed by atoms with Gasteiger partial charge in [0.1, 0.15) is 0 Å². The smallest absolute Gasteiger partial charge is 0.433 e. The van der Waals surface area contributed by atoms with Crippen LogP contribution in [0, 0.1) is 6.92 Å². The number of esters is 1. The highest BCUT2D eigenvalue weighted by Crippen LogP contribution is 2.20. The third-order valence-electron chi connectivity index (χ3n) is 4.51. The predicted molar refractivity (Wildman–Crippen MR) is 94.8 cm³/mol. The van der Waals surface area contributed by atoms with Gasteiger partial charge in [-0.25, -0.2) is 9.48 Å². The lowest BCUT2D eigenvalue weighted by Gasteiger charge is -2.29. The Balaban J connectivity index is 1.80. The molecule has 1 atom stereocenters. The summed E-state index contributed by atoms with van der Waals surface area (Å²) in [6.07, 6.45) is -6.04. The first-order valence-electron chi connectivity index (χ1n) is 9.01. The summed E-state index contributed by atoms with van der Waals surface area (Å²) >= 11 is 0. The van der Waals surface area contributed by atoms with Gasteiger partial charge in [-0.2, -0.15) is 13.2 Å². The van der Waals surface area contributed by atoms with Crippen LogP contribution >= 0.6 is 0 Å². The molecule has 1 aromatic carbocycles. The number of aromatic nitrogens is 3. The van der Waals surface area contributed by atoms with E-state index in [1.54, 1.807) is 6.92 Å². The number of halogens is 3. The normalized spacial score (nSPS) is 17.7. The van der Waals surface area contributed by atoms with Gasteiger partial charge in [0.15, 0.2) is 11.9 Å². The zero-order valence-electron chi connectivity index (χ0n) is 15.6. The number of nitrogens with one attached hydrogen (secondary N) is 1. The number of hydrogen-bond donors (Lipinski definition) is 1. The molecule has 1 amide bonds. The van der Waals surface area contributed by atoms with Gasteiger partial charge in [-0.3, -0.25) is 4.79 Å². The molecule has 2 aromatic rings. The average molecular weight is 411 g/mol. The molecule has 156 valence electrons. The van der Waals surface area contributed by atoms with Crippen molar-refractivity contribution in [3.05, 3.63) is 47.3 Å². The number of benzene rings is 1. The van der Waals surface area contributed by atoms with Crippen molar-refractivity contribution in [2.24, 2.45) is 0 Å². The second-order valence-electron chi connectivity index (χ2n) is 6.58. The number of nitrogens with zero attached hydrogens (tertiary/aromatic N) is 4. The third-order valence-corrected chi connectivity index (χ3v) is 4.51. The van der Waals surface area contributed by atoms with E-state index in [0.29, 0.717) is 25.2 Å². The minimum atomic E-state index is -5.14. The van der Waals surface area contributed by atoms with E-state index in [1.807, 2.05) is 30.3 Å². The van der Waals surface area contributed by atoms with Crippen LogP contribution in [0.4, 0.5) is 13.2 Å². The summed E-state index contributed by atoms with van der Waals surface area (Å²) in [5.74, 6) is -2.97. The predicted octanol–water partition coefficient (Wildman–Crippen LogP) is 1.50. The molecular formula is C18H20F3N5O3. The van der Waals surface area contributed by atoms with E-state index >= 15 is 0 Å². The lowest BCUT2D eigenvalue weighted by atomic mass is 10.2. The molecule has 11 heteroatoms. The monoisotopic (exact) mass is 411 g/mol. The molecular weight excluding hydrogens is 391 g/mol. The maximum atomic E-state index is 13.0. The van der Waals surface area contributed by atoms with Crippen LogP contribution in [0.15, 0.2) is 30.3 Å².